The molecule has 5 nitrogen and oxygen atoms in total. The topological polar surface area (TPSA) is 85.5 Å². The van der Waals surface area contributed by atoms with Gasteiger partial charge in [0.25, 0.3) is 0 Å². The molecule has 0 radical (unpaired) electrons. The highest BCUT2D eigenvalue weighted by Crippen LogP contribution is 2.29. The Morgan fingerprint density at radius 2 is 1.70 bits per heavy atom. The molecule has 0 saturated carbocycles. The molecule has 1 heterocycles. The Hall–Kier alpha value is -3.75. The molecule has 0 unspecified atom stereocenters. The molecule has 110 valence electrons. The van der Waals surface area contributed by atoms with E-state index in [1.165, 1.54) is 0 Å². The third-order valence-electron chi connectivity index (χ3n) is 3.33. The molecule has 0 bridgehead atoms. The Morgan fingerprint density at radius 1 is 1.04 bits per heavy atom. The number of methoxy groups -OCH3 is 1. The Labute approximate surface area is 134 Å². The van der Waals surface area contributed by atoms with E-state index < -0.39 is 0 Å². The molecule has 0 fully saturated rings. The number of nitriles is 3. The van der Waals surface area contributed by atoms with E-state index in [-0.39, 0.29) is 11.1 Å². The molecule has 1 aromatic carbocycles. The third-order valence-corrected chi connectivity index (χ3v) is 3.33. The van der Waals surface area contributed by atoms with E-state index in [2.05, 4.69) is 6.58 Å². The van der Waals surface area contributed by atoms with Crippen LogP contribution in [-0.4, -0.2) is 11.7 Å². The minimum Gasteiger partial charge on any atom is -0.497 e. The smallest absolute Gasteiger partial charge is 0.149 e. The summed E-state index contributed by atoms with van der Waals surface area (Å²) in [4.78, 5) is 0. The first-order valence-electron chi connectivity index (χ1n) is 6.63. The zero-order valence-electron chi connectivity index (χ0n) is 12.4. The molecular weight excluding hydrogens is 288 g/mol. The number of aromatic nitrogens is 1. The minimum atomic E-state index is -0.227. The van der Waals surface area contributed by atoms with Gasteiger partial charge in [0.1, 0.15) is 35.1 Å². The van der Waals surface area contributed by atoms with Gasteiger partial charge in [-0.3, -0.25) is 0 Å². The van der Waals surface area contributed by atoms with E-state index in [1.54, 1.807) is 36.1 Å². The van der Waals surface area contributed by atoms with Crippen molar-refractivity contribution in [2.45, 2.75) is 0 Å². The van der Waals surface area contributed by atoms with Crippen molar-refractivity contribution >= 4 is 11.8 Å². The lowest BCUT2D eigenvalue weighted by molar-refractivity contribution is 0.415. The van der Waals surface area contributed by atoms with Crippen LogP contribution in [0.3, 0.4) is 0 Å². The van der Waals surface area contributed by atoms with Gasteiger partial charge >= 0.3 is 0 Å². The molecule has 5 heteroatoms. The number of ether oxygens (including phenoxy) is 1. The minimum absolute atomic E-state index is 0.0228. The van der Waals surface area contributed by atoms with Crippen LogP contribution in [0, 0.1) is 34.0 Å². The van der Waals surface area contributed by atoms with E-state index in [0.29, 0.717) is 5.69 Å². The number of allylic oxidation sites excluding steroid dienone is 2. The molecule has 0 aliphatic heterocycles. The predicted molar refractivity (Wildman–Crippen MR) is 86.6 cm³/mol. The summed E-state index contributed by atoms with van der Waals surface area (Å²) in [5.74, 6) is 0.736. The van der Waals surface area contributed by atoms with Crippen molar-refractivity contribution in [1.82, 2.24) is 4.57 Å². The van der Waals surface area contributed by atoms with Gasteiger partial charge in [-0.1, -0.05) is 6.58 Å². The first kappa shape index (κ1) is 15.6. The highest BCUT2D eigenvalue weighted by Gasteiger charge is 2.15. The Balaban J connectivity index is 2.64. The molecular formula is C18H12N4O. The maximum absolute atomic E-state index is 9.31. The van der Waals surface area contributed by atoms with Crippen molar-refractivity contribution in [3.63, 3.8) is 0 Å². The van der Waals surface area contributed by atoms with Crippen LogP contribution in [0.1, 0.15) is 5.69 Å². The van der Waals surface area contributed by atoms with Crippen molar-refractivity contribution < 1.29 is 4.74 Å². The normalized spacial score (nSPS) is 9.13. The van der Waals surface area contributed by atoms with Gasteiger partial charge in [0, 0.05) is 6.20 Å². The summed E-state index contributed by atoms with van der Waals surface area (Å²) in [6.45, 7) is 3.75. The average Bonchev–Trinajstić information content (AvgIpc) is 3.03. The Kier molecular flexibility index (Phi) is 4.63. The SMILES string of the molecule is C=Cn1c(C(C#N)=C(C#N)C#N)ccc1-c1ccc(OC)cc1. The van der Waals surface area contributed by atoms with E-state index >= 15 is 0 Å². The lowest BCUT2D eigenvalue weighted by atomic mass is 10.1. The molecule has 2 aromatic rings. The van der Waals surface area contributed by atoms with Crippen LogP contribution in [0.4, 0.5) is 0 Å². The third kappa shape index (κ3) is 2.83. The molecule has 0 atom stereocenters. The Bertz CT molecular complexity index is 880. The largest absolute Gasteiger partial charge is 0.497 e. The molecule has 0 saturated heterocycles. The standard InChI is InChI=1S/C18H12N4O/c1-3-22-17(13-4-6-15(23-2)7-5-13)8-9-18(22)16(12-21)14(10-19)11-20/h3-9H,1H2,2H3. The second kappa shape index (κ2) is 6.80. The molecule has 2 rings (SSSR count). The molecule has 0 N–H and O–H groups in total. The molecule has 1 aromatic heterocycles. The van der Waals surface area contributed by atoms with Crippen molar-refractivity contribution in [3.8, 4) is 35.2 Å². The summed E-state index contributed by atoms with van der Waals surface area (Å²) in [6.07, 6.45) is 1.54. The average molecular weight is 300 g/mol. The first-order chi connectivity index (χ1) is 11.2. The van der Waals surface area contributed by atoms with Gasteiger partial charge < -0.3 is 9.30 Å². The number of nitrogens with zero attached hydrogens (tertiary/aromatic N) is 4. The van der Waals surface area contributed by atoms with Crippen molar-refractivity contribution in [2.24, 2.45) is 0 Å². The molecule has 0 amide bonds. The summed E-state index contributed by atoms with van der Waals surface area (Å²) in [7, 11) is 1.59. The highest BCUT2D eigenvalue weighted by atomic mass is 16.5. The van der Waals surface area contributed by atoms with Gasteiger partial charge in [-0.05, 0) is 42.0 Å². The monoisotopic (exact) mass is 300 g/mol. The van der Waals surface area contributed by atoms with E-state index in [1.807, 2.05) is 36.4 Å². The van der Waals surface area contributed by atoms with Gasteiger partial charge in [0.2, 0.25) is 0 Å². The fraction of sp³-hybridized carbons (Fsp3) is 0.0556. The molecule has 0 spiro atoms. The second-order valence-electron chi connectivity index (χ2n) is 4.47. The van der Waals surface area contributed by atoms with Gasteiger partial charge in [0.15, 0.2) is 0 Å². The quantitative estimate of drug-likeness (QED) is 0.807. The van der Waals surface area contributed by atoms with Crippen molar-refractivity contribution in [1.29, 1.82) is 15.8 Å². The van der Waals surface area contributed by atoms with E-state index in [0.717, 1.165) is 17.0 Å². The van der Waals surface area contributed by atoms with Gasteiger partial charge in [-0.2, -0.15) is 15.8 Å². The van der Waals surface area contributed by atoms with E-state index in [9.17, 15) is 5.26 Å². The second-order valence-corrected chi connectivity index (χ2v) is 4.47. The zero-order valence-corrected chi connectivity index (χ0v) is 12.4. The van der Waals surface area contributed by atoms with Crippen LogP contribution in [0.2, 0.25) is 0 Å². The molecule has 23 heavy (non-hydrogen) atoms. The molecule has 0 aliphatic carbocycles. The maximum Gasteiger partial charge on any atom is 0.149 e. The summed E-state index contributed by atoms with van der Waals surface area (Å²) < 4.78 is 6.81. The van der Waals surface area contributed by atoms with Crippen LogP contribution >= 0.6 is 0 Å². The van der Waals surface area contributed by atoms with Crippen molar-refractivity contribution in [2.75, 3.05) is 7.11 Å². The Morgan fingerprint density at radius 3 is 2.17 bits per heavy atom. The van der Waals surface area contributed by atoms with Gasteiger partial charge in [0.05, 0.1) is 18.5 Å². The summed E-state index contributed by atoms with van der Waals surface area (Å²) in [5.41, 5.74) is 1.93. The fourth-order valence-corrected chi connectivity index (χ4v) is 2.22. The fourth-order valence-electron chi connectivity index (χ4n) is 2.22. The van der Waals surface area contributed by atoms with Crippen LogP contribution in [-0.2, 0) is 0 Å². The number of benzene rings is 1. The highest BCUT2D eigenvalue weighted by molar-refractivity contribution is 5.85. The summed E-state index contributed by atoms with van der Waals surface area (Å²) in [5, 5.41) is 27.3. The van der Waals surface area contributed by atoms with Crippen molar-refractivity contribution in [3.05, 3.63) is 54.2 Å². The molecule has 0 aliphatic rings. The lowest BCUT2D eigenvalue weighted by Gasteiger charge is -2.09. The van der Waals surface area contributed by atoms with Crippen LogP contribution in [0.5, 0.6) is 5.75 Å². The number of hydrogen-bond acceptors (Lipinski definition) is 4. The number of rotatable bonds is 4. The number of hydrogen-bond donors (Lipinski definition) is 0. The van der Waals surface area contributed by atoms with E-state index in [4.69, 9.17) is 15.3 Å². The van der Waals surface area contributed by atoms with Gasteiger partial charge in [-0.25, -0.2) is 0 Å². The first-order valence-corrected chi connectivity index (χ1v) is 6.63. The van der Waals surface area contributed by atoms with Gasteiger partial charge in [-0.15, -0.1) is 0 Å². The maximum atomic E-state index is 9.31. The van der Waals surface area contributed by atoms with Crippen LogP contribution in [0.15, 0.2) is 48.6 Å². The summed E-state index contributed by atoms with van der Waals surface area (Å²) >= 11 is 0. The summed E-state index contributed by atoms with van der Waals surface area (Å²) in [6, 6.07) is 16.3. The van der Waals surface area contributed by atoms with Crippen LogP contribution in [0.25, 0.3) is 23.0 Å². The zero-order chi connectivity index (χ0) is 16.8. The predicted octanol–water partition coefficient (Wildman–Crippen LogP) is 3.59. The van der Waals surface area contributed by atoms with Crippen LogP contribution < -0.4 is 4.74 Å². The lowest BCUT2D eigenvalue weighted by Crippen LogP contribution is -1.97.